The maximum absolute atomic E-state index is 12.6. The lowest BCUT2D eigenvalue weighted by Crippen LogP contribution is -2.40. The van der Waals surface area contributed by atoms with Crippen molar-refractivity contribution in [3.63, 3.8) is 0 Å². The van der Waals surface area contributed by atoms with E-state index in [2.05, 4.69) is 17.0 Å². The van der Waals surface area contributed by atoms with Crippen molar-refractivity contribution in [2.45, 2.75) is 51.3 Å². The topological polar surface area (TPSA) is 53.0 Å². The molecule has 2 aliphatic rings. The number of fused-ring (bicyclic) bond motifs is 1. The maximum Gasteiger partial charge on any atom is 0.227 e. The van der Waals surface area contributed by atoms with E-state index in [1.807, 2.05) is 41.3 Å². The van der Waals surface area contributed by atoms with Crippen LogP contribution in [-0.4, -0.2) is 41.8 Å². The largest absolute Gasteiger partial charge is 0.493 e. The van der Waals surface area contributed by atoms with Crippen molar-refractivity contribution in [3.05, 3.63) is 59.7 Å². The molecule has 4 rings (SSSR count). The van der Waals surface area contributed by atoms with Crippen LogP contribution in [0.15, 0.2) is 48.5 Å². The van der Waals surface area contributed by atoms with Gasteiger partial charge in [0.2, 0.25) is 5.91 Å². The highest BCUT2D eigenvalue weighted by Crippen LogP contribution is 2.35. The molecular weight excluding hydrogens is 400 g/mol. The number of carbonyl (C=O) groups is 1. The fourth-order valence-corrected chi connectivity index (χ4v) is 4.32. The van der Waals surface area contributed by atoms with Gasteiger partial charge in [0.05, 0.1) is 18.8 Å². The van der Waals surface area contributed by atoms with Crippen molar-refractivity contribution in [1.29, 1.82) is 0 Å². The number of piperidine rings is 1. The minimum absolute atomic E-state index is 0. The molecule has 0 aromatic heterocycles. The van der Waals surface area contributed by atoms with Gasteiger partial charge in [-0.3, -0.25) is 9.69 Å². The van der Waals surface area contributed by atoms with Gasteiger partial charge in [0.1, 0.15) is 12.0 Å². The smallest absolute Gasteiger partial charge is 0.227 e. The molecule has 2 aliphatic heterocycles. The van der Waals surface area contributed by atoms with Crippen molar-refractivity contribution in [3.8, 4) is 5.75 Å². The summed E-state index contributed by atoms with van der Waals surface area (Å²) in [5.74, 6) is 1.05. The van der Waals surface area contributed by atoms with Gasteiger partial charge in [-0.2, -0.15) is 0 Å². The number of aliphatic hydroxyl groups is 1. The predicted molar refractivity (Wildman–Crippen MR) is 121 cm³/mol. The first-order valence-electron chi connectivity index (χ1n) is 10.7. The number of amides is 1. The van der Waals surface area contributed by atoms with Gasteiger partial charge in [-0.25, -0.2) is 0 Å². The van der Waals surface area contributed by atoms with Crippen LogP contribution in [0.4, 0.5) is 5.69 Å². The number of halogens is 1. The van der Waals surface area contributed by atoms with E-state index in [9.17, 15) is 9.90 Å². The zero-order chi connectivity index (χ0) is 20.1. The molecule has 1 saturated heterocycles. The molecule has 30 heavy (non-hydrogen) atoms. The molecule has 0 aliphatic carbocycles. The number of ether oxygens (including phenoxy) is 1. The van der Waals surface area contributed by atoms with Crippen LogP contribution in [0.2, 0.25) is 0 Å². The standard InChI is InChI=1S/C24H30N2O3.ClH/c27-23-12-4-5-15-25(23)16-7-17-29-22-11-6-10-21-20(22)13-14-24(28)26(21)18-19-8-2-1-3-9-19;/h1-3,6,8-11,23,27H,4-5,7,12-18H2;1H. The molecule has 2 aromatic rings. The van der Waals surface area contributed by atoms with Crippen LogP contribution < -0.4 is 9.64 Å². The summed E-state index contributed by atoms with van der Waals surface area (Å²) in [4.78, 5) is 16.6. The van der Waals surface area contributed by atoms with Gasteiger partial charge >= 0.3 is 0 Å². The second-order valence-electron chi connectivity index (χ2n) is 7.93. The Kier molecular flexibility index (Phi) is 8.14. The number of rotatable bonds is 7. The molecular formula is C24H31ClN2O3. The number of likely N-dealkylation sites (tertiary alicyclic amines) is 1. The van der Waals surface area contributed by atoms with Crippen LogP contribution in [0.25, 0.3) is 0 Å². The van der Waals surface area contributed by atoms with E-state index < -0.39 is 0 Å². The first kappa shape index (κ1) is 22.6. The molecule has 2 aromatic carbocycles. The van der Waals surface area contributed by atoms with Gasteiger partial charge in [0, 0.05) is 25.1 Å². The summed E-state index contributed by atoms with van der Waals surface area (Å²) < 4.78 is 6.12. The zero-order valence-electron chi connectivity index (χ0n) is 17.3. The third-order valence-electron chi connectivity index (χ3n) is 5.90. The van der Waals surface area contributed by atoms with Gasteiger partial charge in [0.25, 0.3) is 0 Å². The Morgan fingerprint density at radius 1 is 1.03 bits per heavy atom. The number of benzene rings is 2. The molecule has 2 heterocycles. The fraction of sp³-hybridized carbons (Fsp3) is 0.458. The number of hydrogen-bond acceptors (Lipinski definition) is 4. The van der Waals surface area contributed by atoms with Crippen molar-refractivity contribution < 1.29 is 14.6 Å². The van der Waals surface area contributed by atoms with E-state index in [4.69, 9.17) is 4.74 Å². The number of aliphatic hydroxyl groups excluding tert-OH is 1. The highest BCUT2D eigenvalue weighted by molar-refractivity contribution is 5.96. The Bertz CT molecular complexity index is 830. The van der Waals surface area contributed by atoms with Crippen LogP contribution in [0.5, 0.6) is 5.75 Å². The van der Waals surface area contributed by atoms with Crippen molar-refractivity contribution in [1.82, 2.24) is 4.90 Å². The minimum atomic E-state index is -0.300. The first-order valence-corrected chi connectivity index (χ1v) is 10.7. The summed E-state index contributed by atoms with van der Waals surface area (Å²) in [5.41, 5.74) is 3.22. The summed E-state index contributed by atoms with van der Waals surface area (Å²) in [6, 6.07) is 16.1. The van der Waals surface area contributed by atoms with Crippen molar-refractivity contribution in [2.24, 2.45) is 0 Å². The lowest BCUT2D eigenvalue weighted by atomic mass is 9.99. The lowest BCUT2D eigenvalue weighted by molar-refractivity contribution is -0.119. The molecule has 6 heteroatoms. The lowest BCUT2D eigenvalue weighted by Gasteiger charge is -2.32. The average molecular weight is 431 g/mol. The Morgan fingerprint density at radius 3 is 2.67 bits per heavy atom. The Morgan fingerprint density at radius 2 is 1.87 bits per heavy atom. The quantitative estimate of drug-likeness (QED) is 0.670. The molecule has 0 radical (unpaired) electrons. The third kappa shape index (κ3) is 5.34. The van der Waals surface area contributed by atoms with Crippen LogP contribution in [0.1, 0.15) is 43.2 Å². The fourth-order valence-electron chi connectivity index (χ4n) is 4.32. The summed E-state index contributed by atoms with van der Waals surface area (Å²) in [6.07, 6.45) is 4.97. The first-order chi connectivity index (χ1) is 14.2. The van der Waals surface area contributed by atoms with Gasteiger partial charge in [-0.05, 0) is 49.8 Å². The van der Waals surface area contributed by atoms with Crippen molar-refractivity contribution >= 4 is 24.0 Å². The number of carbonyl (C=O) groups excluding carboxylic acids is 1. The van der Waals surface area contributed by atoms with E-state index in [1.165, 1.54) is 0 Å². The summed E-state index contributed by atoms with van der Waals surface area (Å²) >= 11 is 0. The van der Waals surface area contributed by atoms with Crippen LogP contribution in [0, 0.1) is 0 Å². The molecule has 0 saturated carbocycles. The molecule has 1 fully saturated rings. The molecule has 0 bridgehead atoms. The Hall–Kier alpha value is -2.08. The van der Waals surface area contributed by atoms with Gasteiger partial charge in [-0.1, -0.05) is 36.4 Å². The van der Waals surface area contributed by atoms with Crippen LogP contribution in [-0.2, 0) is 17.8 Å². The highest BCUT2D eigenvalue weighted by atomic mass is 35.5. The molecule has 1 unspecified atom stereocenters. The van der Waals surface area contributed by atoms with Gasteiger partial charge < -0.3 is 14.7 Å². The van der Waals surface area contributed by atoms with Crippen LogP contribution in [0.3, 0.4) is 0 Å². The zero-order valence-corrected chi connectivity index (χ0v) is 18.2. The highest BCUT2D eigenvalue weighted by Gasteiger charge is 2.26. The second kappa shape index (κ2) is 10.8. The number of anilines is 1. The average Bonchev–Trinajstić information content (AvgIpc) is 2.75. The molecule has 1 N–H and O–H groups in total. The Labute approximate surface area is 185 Å². The summed E-state index contributed by atoms with van der Waals surface area (Å²) in [5, 5.41) is 10.1. The SMILES string of the molecule is Cl.O=C1CCc2c(OCCCN3CCCCC3O)cccc2N1Cc1ccccc1. The van der Waals surface area contributed by atoms with Crippen LogP contribution >= 0.6 is 12.4 Å². The van der Waals surface area contributed by atoms with Gasteiger partial charge in [0.15, 0.2) is 0 Å². The monoisotopic (exact) mass is 430 g/mol. The van der Waals surface area contributed by atoms with E-state index in [0.29, 0.717) is 19.6 Å². The normalized spacial score (nSPS) is 19.2. The summed E-state index contributed by atoms with van der Waals surface area (Å²) in [7, 11) is 0. The summed E-state index contributed by atoms with van der Waals surface area (Å²) in [6.45, 7) is 3.03. The Balaban J connectivity index is 0.00000256. The number of nitrogens with zero attached hydrogens (tertiary/aromatic N) is 2. The molecule has 5 nitrogen and oxygen atoms in total. The van der Waals surface area contributed by atoms with Gasteiger partial charge in [-0.15, -0.1) is 12.4 Å². The van der Waals surface area contributed by atoms with E-state index in [-0.39, 0.29) is 24.5 Å². The predicted octanol–water partition coefficient (Wildman–Crippen LogP) is 4.16. The van der Waals surface area contributed by atoms with E-state index >= 15 is 0 Å². The molecule has 1 atom stereocenters. The number of hydrogen-bond donors (Lipinski definition) is 1. The third-order valence-corrected chi connectivity index (χ3v) is 5.90. The van der Waals surface area contributed by atoms with E-state index in [1.54, 1.807) is 0 Å². The second-order valence-corrected chi connectivity index (χ2v) is 7.93. The minimum Gasteiger partial charge on any atom is -0.493 e. The molecule has 0 spiro atoms. The maximum atomic E-state index is 12.6. The van der Waals surface area contributed by atoms with E-state index in [0.717, 1.165) is 67.8 Å². The molecule has 162 valence electrons. The molecule has 1 amide bonds. The van der Waals surface area contributed by atoms with Crippen molar-refractivity contribution in [2.75, 3.05) is 24.6 Å².